The minimum Gasteiger partial charge on any atom is -0.295 e. The number of carbonyl (C=O) groups excluding carboxylic acids is 1. The van der Waals surface area contributed by atoms with Gasteiger partial charge in [-0.25, -0.2) is 0 Å². The van der Waals surface area contributed by atoms with E-state index in [4.69, 9.17) is 0 Å². The fourth-order valence-corrected chi connectivity index (χ4v) is 1.36. The van der Waals surface area contributed by atoms with Crippen LogP contribution in [0, 0.1) is 12.8 Å². The number of rotatable bonds is 4. The fraction of sp³-hybridized carbons (Fsp3) is 0.267. The Morgan fingerprint density at radius 3 is 2.18 bits per heavy atom. The molecule has 2 rings (SSSR count). The number of allylic oxidation sites excluding steroid dienone is 8. The van der Waals surface area contributed by atoms with Gasteiger partial charge in [0, 0.05) is 41.9 Å². The van der Waals surface area contributed by atoms with Crippen LogP contribution in [-0.4, -0.2) is 5.78 Å². The van der Waals surface area contributed by atoms with Gasteiger partial charge in [-0.2, -0.15) is 0 Å². The first-order valence-electron chi connectivity index (χ1n) is 5.76. The van der Waals surface area contributed by atoms with Crippen molar-refractivity contribution in [1.29, 1.82) is 0 Å². The Kier molecular flexibility index (Phi) is 9.80. The van der Waals surface area contributed by atoms with Crippen LogP contribution in [0.2, 0.25) is 0 Å². The molecule has 0 bridgehead atoms. The molecule has 0 amide bonds. The van der Waals surface area contributed by atoms with Gasteiger partial charge in [0.2, 0.25) is 0 Å². The van der Waals surface area contributed by atoms with Crippen molar-refractivity contribution in [1.82, 2.24) is 0 Å². The maximum Gasteiger partial charge on any atom is 0.159 e. The van der Waals surface area contributed by atoms with E-state index in [1.54, 1.807) is 0 Å². The number of Topliss-reactive ketones (excluding diaryl/α,β-unsaturated/α-hetero) is 1. The SMILES string of the molecule is CCCCC(=O)C1=CC=C[CH]1.[CH]1C=CC=C1.[Fe]. The third-order valence-electron chi connectivity index (χ3n) is 2.30. The molecule has 0 atom stereocenters. The second-order valence-corrected chi connectivity index (χ2v) is 3.66. The van der Waals surface area contributed by atoms with Crippen molar-refractivity contribution in [2.75, 3.05) is 0 Å². The molecule has 0 spiro atoms. The Bertz CT molecular complexity index is 325. The van der Waals surface area contributed by atoms with E-state index in [1.807, 2.05) is 55.4 Å². The van der Waals surface area contributed by atoms with Gasteiger partial charge in [0.1, 0.15) is 0 Å². The topological polar surface area (TPSA) is 17.1 Å². The maximum absolute atomic E-state index is 11.3. The van der Waals surface area contributed by atoms with Crippen LogP contribution in [0.3, 0.4) is 0 Å². The zero-order chi connectivity index (χ0) is 11.6. The molecule has 0 heterocycles. The summed E-state index contributed by atoms with van der Waals surface area (Å²) in [6, 6.07) is 0. The Balaban J connectivity index is 0.000000360. The molecular formula is C15H18FeO. The molecule has 0 fully saturated rings. The number of ketones is 1. The summed E-state index contributed by atoms with van der Waals surface area (Å²) in [5.41, 5.74) is 0.860. The average molecular weight is 270 g/mol. The fourth-order valence-electron chi connectivity index (χ4n) is 1.36. The number of carbonyl (C=O) groups is 1. The van der Waals surface area contributed by atoms with E-state index in [0.717, 1.165) is 18.4 Å². The summed E-state index contributed by atoms with van der Waals surface area (Å²) in [7, 11) is 0. The van der Waals surface area contributed by atoms with E-state index in [2.05, 4.69) is 6.92 Å². The van der Waals surface area contributed by atoms with E-state index in [1.165, 1.54) is 0 Å². The molecule has 1 nitrogen and oxygen atoms in total. The van der Waals surface area contributed by atoms with Crippen LogP contribution in [0.15, 0.2) is 48.1 Å². The van der Waals surface area contributed by atoms with E-state index < -0.39 is 0 Å². The van der Waals surface area contributed by atoms with Gasteiger partial charge in [-0.05, 0) is 6.42 Å². The summed E-state index contributed by atoms with van der Waals surface area (Å²) in [6.07, 6.45) is 20.3. The normalized spacial score (nSPS) is 15.0. The number of hydrogen-bond acceptors (Lipinski definition) is 1. The Morgan fingerprint density at radius 1 is 1.06 bits per heavy atom. The molecule has 0 N–H and O–H groups in total. The molecule has 0 saturated carbocycles. The van der Waals surface area contributed by atoms with Crippen molar-refractivity contribution < 1.29 is 21.9 Å². The minimum atomic E-state index is 0. The number of unbranched alkanes of at least 4 members (excludes halogenated alkanes) is 1. The summed E-state index contributed by atoms with van der Waals surface area (Å²) in [5.74, 6) is 0.275. The third kappa shape index (κ3) is 7.14. The van der Waals surface area contributed by atoms with Crippen LogP contribution < -0.4 is 0 Å². The summed E-state index contributed by atoms with van der Waals surface area (Å²) >= 11 is 0. The predicted molar refractivity (Wildman–Crippen MR) is 68.6 cm³/mol. The van der Waals surface area contributed by atoms with Gasteiger partial charge in [0.05, 0.1) is 0 Å². The largest absolute Gasteiger partial charge is 0.295 e. The van der Waals surface area contributed by atoms with Crippen LogP contribution in [0.4, 0.5) is 0 Å². The zero-order valence-electron chi connectivity index (χ0n) is 10.1. The molecule has 17 heavy (non-hydrogen) atoms. The van der Waals surface area contributed by atoms with Crippen molar-refractivity contribution in [3.8, 4) is 0 Å². The monoisotopic (exact) mass is 270 g/mol. The molecule has 0 aromatic rings. The molecule has 0 unspecified atom stereocenters. The van der Waals surface area contributed by atoms with Crippen molar-refractivity contribution in [2.24, 2.45) is 0 Å². The Labute approximate surface area is 115 Å². The zero-order valence-corrected chi connectivity index (χ0v) is 11.2. The quantitative estimate of drug-likeness (QED) is 0.711. The summed E-state index contributed by atoms with van der Waals surface area (Å²) in [6.45, 7) is 2.10. The summed E-state index contributed by atoms with van der Waals surface area (Å²) in [5, 5.41) is 0. The van der Waals surface area contributed by atoms with Gasteiger partial charge in [-0.15, -0.1) is 0 Å². The molecule has 2 aliphatic rings. The summed E-state index contributed by atoms with van der Waals surface area (Å²) in [4.78, 5) is 11.3. The minimum absolute atomic E-state index is 0. The second kappa shape index (κ2) is 10.3. The van der Waals surface area contributed by atoms with Gasteiger partial charge in [-0.3, -0.25) is 4.79 Å². The number of hydrogen-bond donors (Lipinski definition) is 0. The molecular weight excluding hydrogens is 252 g/mol. The van der Waals surface area contributed by atoms with E-state index in [0.29, 0.717) is 6.42 Å². The van der Waals surface area contributed by atoms with Crippen LogP contribution >= 0.6 is 0 Å². The van der Waals surface area contributed by atoms with Crippen molar-refractivity contribution in [2.45, 2.75) is 26.2 Å². The maximum atomic E-state index is 11.3. The van der Waals surface area contributed by atoms with Crippen molar-refractivity contribution >= 4 is 5.78 Å². The third-order valence-corrected chi connectivity index (χ3v) is 2.30. The van der Waals surface area contributed by atoms with Crippen molar-refractivity contribution in [3.05, 3.63) is 60.9 Å². The van der Waals surface area contributed by atoms with Crippen LogP contribution in [0.25, 0.3) is 0 Å². The second-order valence-electron chi connectivity index (χ2n) is 3.66. The van der Waals surface area contributed by atoms with Crippen LogP contribution in [0.1, 0.15) is 26.2 Å². The molecule has 92 valence electrons. The van der Waals surface area contributed by atoms with Gasteiger partial charge in [0.15, 0.2) is 5.78 Å². The van der Waals surface area contributed by atoms with Crippen LogP contribution in [0.5, 0.6) is 0 Å². The smallest absolute Gasteiger partial charge is 0.159 e. The molecule has 0 aliphatic heterocycles. The van der Waals surface area contributed by atoms with Gasteiger partial charge in [-0.1, -0.05) is 55.9 Å². The Morgan fingerprint density at radius 2 is 1.76 bits per heavy atom. The molecule has 0 aromatic heterocycles. The van der Waals surface area contributed by atoms with Gasteiger partial charge in [0.25, 0.3) is 0 Å². The van der Waals surface area contributed by atoms with E-state index in [9.17, 15) is 4.79 Å². The molecule has 2 radical (unpaired) electrons. The molecule has 2 aliphatic carbocycles. The van der Waals surface area contributed by atoms with Gasteiger partial charge < -0.3 is 0 Å². The van der Waals surface area contributed by atoms with E-state index >= 15 is 0 Å². The molecule has 2 heteroatoms. The standard InChI is InChI=1S/C10H13O.C5H5.Fe/c1-2-3-8-10(11)9-6-4-5-7-9;1-2-4-5-3-1;/h4-7H,2-3,8H2,1H3;1-5H;. The van der Waals surface area contributed by atoms with Crippen molar-refractivity contribution in [3.63, 3.8) is 0 Å². The molecule has 0 saturated heterocycles. The molecule has 0 aromatic carbocycles. The Hall–Kier alpha value is -0.851. The van der Waals surface area contributed by atoms with Crippen LogP contribution in [-0.2, 0) is 21.9 Å². The van der Waals surface area contributed by atoms with E-state index in [-0.39, 0.29) is 22.9 Å². The first kappa shape index (κ1) is 16.1. The average Bonchev–Trinajstić information content (AvgIpc) is 2.98. The predicted octanol–water partition coefficient (Wildman–Crippen LogP) is 3.76. The van der Waals surface area contributed by atoms with Gasteiger partial charge >= 0.3 is 0 Å². The first-order valence-corrected chi connectivity index (χ1v) is 5.76. The first-order chi connectivity index (χ1) is 7.84. The summed E-state index contributed by atoms with van der Waals surface area (Å²) < 4.78 is 0.